The molecule has 1 aliphatic rings. The second-order valence-electron chi connectivity index (χ2n) is 6.48. The molecular weight excluding hydrogens is 368 g/mol. The molecule has 8 heteroatoms. The Morgan fingerprint density at radius 2 is 2.08 bits per heavy atom. The number of imidazole rings is 1. The van der Waals surface area contributed by atoms with E-state index in [4.69, 9.17) is 0 Å². The molecule has 0 atom stereocenters. The highest BCUT2D eigenvalue weighted by Gasteiger charge is 2.27. The molecule has 26 heavy (non-hydrogen) atoms. The average molecular weight is 391 g/mol. The van der Waals surface area contributed by atoms with Gasteiger partial charge in [-0.05, 0) is 24.3 Å². The molecule has 0 aliphatic carbocycles. The summed E-state index contributed by atoms with van der Waals surface area (Å²) in [5.74, 6) is 0.0356. The Hall–Kier alpha value is -1.74. The smallest absolute Gasteiger partial charge is 0.274 e. The van der Waals surface area contributed by atoms with Gasteiger partial charge in [0.1, 0.15) is 0 Å². The maximum Gasteiger partial charge on any atom is 0.274 e. The Morgan fingerprint density at radius 1 is 1.23 bits per heavy atom. The molecule has 1 fully saturated rings. The Kier molecular flexibility index (Phi) is 5.35. The first-order chi connectivity index (χ1) is 12.8. The second kappa shape index (κ2) is 7.87. The molecule has 138 valence electrons. The van der Waals surface area contributed by atoms with Crippen LogP contribution >= 0.6 is 22.7 Å². The first-order valence-electron chi connectivity index (χ1n) is 8.85. The van der Waals surface area contributed by atoms with E-state index < -0.39 is 0 Å². The predicted molar refractivity (Wildman–Crippen MR) is 104 cm³/mol. The minimum Gasteiger partial charge on any atom is -0.395 e. The van der Waals surface area contributed by atoms with Crippen molar-refractivity contribution < 1.29 is 9.90 Å². The fraction of sp³-hybridized carbons (Fsp3) is 0.444. The van der Waals surface area contributed by atoms with E-state index in [0.29, 0.717) is 18.8 Å². The van der Waals surface area contributed by atoms with E-state index in [0.717, 1.165) is 43.1 Å². The van der Waals surface area contributed by atoms with Crippen LogP contribution < -0.4 is 0 Å². The van der Waals surface area contributed by atoms with Gasteiger partial charge in [0.25, 0.3) is 5.91 Å². The average Bonchev–Trinajstić information content (AvgIpc) is 3.41. The highest BCUT2D eigenvalue weighted by Crippen LogP contribution is 2.23. The quantitative estimate of drug-likeness (QED) is 0.674. The number of thiazole rings is 1. The molecule has 0 aromatic carbocycles. The zero-order valence-corrected chi connectivity index (χ0v) is 16.1. The van der Waals surface area contributed by atoms with Gasteiger partial charge in [0.05, 0.1) is 12.3 Å². The molecule has 1 aliphatic heterocycles. The fourth-order valence-corrected chi connectivity index (χ4v) is 4.89. The van der Waals surface area contributed by atoms with E-state index in [9.17, 15) is 9.90 Å². The number of hydrogen-bond acceptors (Lipinski definition) is 6. The molecule has 0 unspecified atom stereocenters. The normalized spacial score (nSPS) is 14.8. The van der Waals surface area contributed by atoms with Crippen molar-refractivity contribution in [2.45, 2.75) is 25.9 Å². The highest BCUT2D eigenvalue weighted by atomic mass is 32.1. The summed E-state index contributed by atoms with van der Waals surface area (Å²) in [5.41, 5.74) is 1.48. The molecule has 3 aromatic heterocycles. The third-order valence-electron chi connectivity index (χ3n) is 4.71. The van der Waals surface area contributed by atoms with Crippen LogP contribution in [-0.2, 0) is 13.1 Å². The first kappa shape index (κ1) is 17.7. The number of amides is 1. The standard InChI is InChI=1S/C18H22N4O2S2/c23-9-7-20(12-14-4-3-10-25-14)13-15-16(17(24)21-5-1-2-6-21)19-18-22(15)8-11-26-18/h3-4,8,10-11,23H,1-2,5-7,9,12-13H2. The Labute approximate surface area is 160 Å². The van der Waals surface area contributed by atoms with Gasteiger partial charge < -0.3 is 10.0 Å². The van der Waals surface area contributed by atoms with Gasteiger partial charge in [-0.2, -0.15) is 0 Å². The summed E-state index contributed by atoms with van der Waals surface area (Å²) in [6.45, 7) is 3.63. The number of carbonyl (C=O) groups is 1. The van der Waals surface area contributed by atoms with Crippen LogP contribution in [0.5, 0.6) is 0 Å². The van der Waals surface area contributed by atoms with Crippen molar-refractivity contribution in [3.63, 3.8) is 0 Å². The van der Waals surface area contributed by atoms with Gasteiger partial charge in [-0.3, -0.25) is 14.1 Å². The number of aliphatic hydroxyl groups excluding tert-OH is 1. The van der Waals surface area contributed by atoms with Gasteiger partial charge in [0, 0.05) is 49.2 Å². The molecule has 4 rings (SSSR count). The highest BCUT2D eigenvalue weighted by molar-refractivity contribution is 7.15. The van der Waals surface area contributed by atoms with Crippen LogP contribution in [0.3, 0.4) is 0 Å². The maximum atomic E-state index is 13.0. The predicted octanol–water partition coefficient (Wildman–Crippen LogP) is 2.69. The van der Waals surface area contributed by atoms with Crippen LogP contribution in [0.1, 0.15) is 33.9 Å². The van der Waals surface area contributed by atoms with Gasteiger partial charge in [-0.15, -0.1) is 22.7 Å². The van der Waals surface area contributed by atoms with Gasteiger partial charge >= 0.3 is 0 Å². The molecule has 6 nitrogen and oxygen atoms in total. The lowest BCUT2D eigenvalue weighted by Crippen LogP contribution is -2.31. The summed E-state index contributed by atoms with van der Waals surface area (Å²) < 4.78 is 2.02. The van der Waals surface area contributed by atoms with E-state index in [1.807, 2.05) is 26.9 Å². The molecule has 0 spiro atoms. The van der Waals surface area contributed by atoms with Crippen LogP contribution in [-0.4, -0.2) is 56.4 Å². The number of aromatic nitrogens is 2. The van der Waals surface area contributed by atoms with E-state index in [-0.39, 0.29) is 12.5 Å². The molecule has 3 aromatic rings. The Bertz CT molecular complexity index is 865. The number of nitrogens with zero attached hydrogens (tertiary/aromatic N) is 4. The molecule has 1 N–H and O–H groups in total. The summed E-state index contributed by atoms with van der Waals surface area (Å²) in [6, 6.07) is 4.14. The molecule has 0 bridgehead atoms. The number of hydrogen-bond donors (Lipinski definition) is 1. The maximum absolute atomic E-state index is 13.0. The number of likely N-dealkylation sites (tertiary alicyclic amines) is 1. The Balaban J connectivity index is 1.63. The van der Waals surface area contributed by atoms with Crippen molar-refractivity contribution in [1.82, 2.24) is 19.2 Å². The zero-order valence-electron chi connectivity index (χ0n) is 14.5. The van der Waals surface area contributed by atoms with Crippen molar-refractivity contribution in [1.29, 1.82) is 0 Å². The molecule has 4 heterocycles. The van der Waals surface area contributed by atoms with Crippen molar-refractivity contribution in [2.24, 2.45) is 0 Å². The molecule has 0 radical (unpaired) electrons. The number of rotatable bonds is 7. The summed E-state index contributed by atoms with van der Waals surface area (Å²) in [7, 11) is 0. The van der Waals surface area contributed by atoms with Crippen LogP contribution in [0.2, 0.25) is 0 Å². The lowest BCUT2D eigenvalue weighted by Gasteiger charge is -2.21. The first-order valence-corrected chi connectivity index (χ1v) is 10.6. The topological polar surface area (TPSA) is 61.1 Å². The zero-order chi connectivity index (χ0) is 17.9. The van der Waals surface area contributed by atoms with E-state index in [1.165, 1.54) is 4.88 Å². The van der Waals surface area contributed by atoms with E-state index >= 15 is 0 Å². The van der Waals surface area contributed by atoms with E-state index in [2.05, 4.69) is 21.3 Å². The largest absolute Gasteiger partial charge is 0.395 e. The summed E-state index contributed by atoms with van der Waals surface area (Å²) in [6.07, 6.45) is 4.11. The van der Waals surface area contributed by atoms with Crippen LogP contribution in [0.4, 0.5) is 0 Å². The number of aliphatic hydroxyl groups is 1. The summed E-state index contributed by atoms with van der Waals surface area (Å²) in [5, 5.41) is 13.5. The number of thiophene rings is 1. The number of carbonyl (C=O) groups excluding carboxylic acids is 1. The SMILES string of the molecule is O=C(c1nc2sccn2c1CN(CCO)Cc1cccs1)N1CCCC1. The van der Waals surface area contributed by atoms with Crippen molar-refractivity contribution in [3.8, 4) is 0 Å². The fourth-order valence-electron chi connectivity index (χ4n) is 3.42. The number of fused-ring (bicyclic) bond motifs is 1. The lowest BCUT2D eigenvalue weighted by molar-refractivity contribution is 0.0784. The van der Waals surface area contributed by atoms with E-state index in [1.54, 1.807) is 22.7 Å². The van der Waals surface area contributed by atoms with Gasteiger partial charge in [-0.25, -0.2) is 4.98 Å². The van der Waals surface area contributed by atoms with Crippen molar-refractivity contribution in [3.05, 3.63) is 45.4 Å². The van der Waals surface area contributed by atoms with Crippen molar-refractivity contribution in [2.75, 3.05) is 26.2 Å². The van der Waals surface area contributed by atoms with Crippen LogP contribution in [0, 0.1) is 0 Å². The van der Waals surface area contributed by atoms with Crippen LogP contribution in [0.25, 0.3) is 4.96 Å². The molecule has 0 saturated carbocycles. The lowest BCUT2D eigenvalue weighted by atomic mass is 10.2. The third-order valence-corrected chi connectivity index (χ3v) is 6.32. The van der Waals surface area contributed by atoms with Gasteiger partial charge in [0.15, 0.2) is 10.7 Å². The summed E-state index contributed by atoms with van der Waals surface area (Å²) in [4.78, 5) is 23.8. The minimum absolute atomic E-state index is 0.0356. The Morgan fingerprint density at radius 3 is 2.81 bits per heavy atom. The molecular formula is C18H22N4O2S2. The second-order valence-corrected chi connectivity index (χ2v) is 8.38. The van der Waals surface area contributed by atoms with Crippen molar-refractivity contribution >= 4 is 33.5 Å². The summed E-state index contributed by atoms with van der Waals surface area (Å²) >= 11 is 3.25. The molecule has 1 saturated heterocycles. The minimum atomic E-state index is 0.0356. The van der Waals surface area contributed by atoms with Crippen LogP contribution in [0.15, 0.2) is 29.1 Å². The molecule has 1 amide bonds. The van der Waals surface area contributed by atoms with Gasteiger partial charge in [-0.1, -0.05) is 6.07 Å². The third kappa shape index (κ3) is 3.55. The monoisotopic (exact) mass is 390 g/mol. The van der Waals surface area contributed by atoms with Gasteiger partial charge in [0.2, 0.25) is 0 Å².